The molecule has 226 valence electrons. The van der Waals surface area contributed by atoms with Gasteiger partial charge in [0.25, 0.3) is 0 Å². The van der Waals surface area contributed by atoms with Crippen LogP contribution >= 0.6 is 0 Å². The van der Waals surface area contributed by atoms with Crippen LogP contribution in [0.2, 0.25) is 0 Å². The molecule has 0 amide bonds. The van der Waals surface area contributed by atoms with E-state index >= 15 is 0 Å². The van der Waals surface area contributed by atoms with Crippen LogP contribution in [0.4, 0.5) is 17.1 Å². The lowest BCUT2D eigenvalue weighted by Gasteiger charge is -2.33. The van der Waals surface area contributed by atoms with Gasteiger partial charge in [-0.25, -0.2) is 0 Å². The summed E-state index contributed by atoms with van der Waals surface area (Å²) < 4.78 is 6.74. The molecule has 0 spiro atoms. The molecule has 1 heterocycles. The first-order chi connectivity index (χ1) is 22.1. The number of anilines is 3. The molecule has 1 aliphatic heterocycles. The summed E-state index contributed by atoms with van der Waals surface area (Å²) in [7, 11) is 0. The molecule has 0 saturated heterocycles. The van der Waals surface area contributed by atoms with Crippen molar-refractivity contribution >= 4 is 17.1 Å². The topological polar surface area (TPSA) is 39.5 Å². The first-order valence-corrected chi connectivity index (χ1v) is 16.2. The summed E-state index contributed by atoms with van der Waals surface area (Å²) in [6.45, 7) is 9.40. The Bertz CT molecular complexity index is 1780. The molecule has 0 aromatic heterocycles. The summed E-state index contributed by atoms with van der Waals surface area (Å²) in [5.74, 6) is 1.84. The van der Waals surface area contributed by atoms with Crippen LogP contribution in [-0.2, 0) is 6.42 Å². The number of ether oxygens (including phenoxy) is 1. The lowest BCUT2D eigenvalue weighted by atomic mass is 9.79. The van der Waals surface area contributed by atoms with E-state index in [1.54, 1.807) is 0 Å². The lowest BCUT2D eigenvalue weighted by Crippen LogP contribution is -2.22. The van der Waals surface area contributed by atoms with Crippen LogP contribution in [0.5, 0.6) is 11.5 Å². The Morgan fingerprint density at radius 2 is 1.38 bits per heavy atom. The van der Waals surface area contributed by atoms with Gasteiger partial charge in [-0.2, -0.15) is 5.26 Å². The van der Waals surface area contributed by atoms with Crippen molar-refractivity contribution in [1.82, 2.24) is 0 Å². The normalized spacial score (nSPS) is 13.2. The first-order valence-electron chi connectivity index (χ1n) is 16.2. The van der Waals surface area contributed by atoms with Gasteiger partial charge in [0.15, 0.2) is 0 Å². The highest BCUT2D eigenvalue weighted by Crippen LogP contribution is 2.50. The van der Waals surface area contributed by atoms with Crippen molar-refractivity contribution in [3.05, 3.63) is 149 Å². The van der Waals surface area contributed by atoms with Crippen LogP contribution in [0.15, 0.2) is 115 Å². The van der Waals surface area contributed by atoms with E-state index in [1.165, 1.54) is 33.5 Å². The fraction of sp³-hybridized carbons (Fsp3) is 0.244. The maximum atomic E-state index is 9.39. The number of nitriles is 1. The van der Waals surface area contributed by atoms with Crippen molar-refractivity contribution in [1.29, 1.82) is 5.26 Å². The predicted octanol–water partition coefficient (Wildman–Crippen LogP) is 10.2. The summed E-state index contributed by atoms with van der Waals surface area (Å²) in [5.41, 5.74) is 10.4. The number of benzene rings is 5. The maximum Gasteiger partial charge on any atom is 0.133 e. The fourth-order valence-electron chi connectivity index (χ4n) is 6.51. The highest BCUT2D eigenvalue weighted by Gasteiger charge is 2.31. The minimum atomic E-state index is 0.0170. The molecule has 1 aliphatic rings. The van der Waals surface area contributed by atoms with Crippen molar-refractivity contribution in [2.24, 2.45) is 0 Å². The molecule has 4 nitrogen and oxygen atoms in total. The fourth-order valence-corrected chi connectivity index (χ4v) is 6.51. The Balaban J connectivity index is 1.50. The first kappa shape index (κ1) is 30.0. The van der Waals surface area contributed by atoms with Crippen LogP contribution in [-0.4, -0.2) is 19.6 Å². The number of fused-ring (bicyclic) bond motifs is 2. The number of hydrogen-bond donors (Lipinski definition) is 0. The third-order valence-electron chi connectivity index (χ3n) is 8.92. The zero-order chi connectivity index (χ0) is 31.2. The summed E-state index contributed by atoms with van der Waals surface area (Å²) in [5, 5.41) is 9.39. The van der Waals surface area contributed by atoms with Crippen LogP contribution in [0.25, 0.3) is 0 Å². The van der Waals surface area contributed by atoms with Crippen molar-refractivity contribution in [3.8, 4) is 17.6 Å². The average molecular weight is 592 g/mol. The van der Waals surface area contributed by atoms with E-state index < -0.39 is 0 Å². The third kappa shape index (κ3) is 6.30. The molecule has 1 atom stereocenters. The number of unbranched alkanes of at least 4 members (excludes halogenated alkanes) is 1. The van der Waals surface area contributed by atoms with Gasteiger partial charge in [-0.3, -0.25) is 0 Å². The zero-order valence-corrected chi connectivity index (χ0v) is 26.5. The minimum absolute atomic E-state index is 0.0170. The van der Waals surface area contributed by atoms with Gasteiger partial charge in [-0.15, -0.1) is 0 Å². The molecule has 0 aliphatic carbocycles. The third-order valence-corrected chi connectivity index (χ3v) is 8.92. The Hall–Kier alpha value is -5.01. The van der Waals surface area contributed by atoms with E-state index in [1.807, 2.05) is 12.1 Å². The lowest BCUT2D eigenvalue weighted by molar-refractivity contribution is 0.452. The Labute approximate surface area is 268 Å². The van der Waals surface area contributed by atoms with Gasteiger partial charge in [0.2, 0.25) is 0 Å². The number of hydrogen-bond acceptors (Lipinski definition) is 4. The predicted molar refractivity (Wildman–Crippen MR) is 186 cm³/mol. The van der Waals surface area contributed by atoms with Gasteiger partial charge in [0, 0.05) is 59.8 Å². The van der Waals surface area contributed by atoms with Gasteiger partial charge >= 0.3 is 0 Å². The minimum Gasteiger partial charge on any atom is -0.457 e. The summed E-state index contributed by atoms with van der Waals surface area (Å²) >= 11 is 0. The van der Waals surface area contributed by atoms with Gasteiger partial charge in [0.05, 0.1) is 11.6 Å². The smallest absolute Gasteiger partial charge is 0.133 e. The zero-order valence-electron chi connectivity index (χ0n) is 26.5. The summed E-state index contributed by atoms with van der Waals surface area (Å²) in [4.78, 5) is 4.74. The molecular weight excluding hydrogens is 550 g/mol. The average Bonchev–Trinajstić information content (AvgIpc) is 3.09. The van der Waals surface area contributed by atoms with Gasteiger partial charge < -0.3 is 14.5 Å². The molecule has 0 fully saturated rings. The highest BCUT2D eigenvalue weighted by molar-refractivity contribution is 5.70. The Morgan fingerprint density at radius 1 is 0.667 bits per heavy atom. The van der Waals surface area contributed by atoms with Crippen molar-refractivity contribution in [2.75, 3.05) is 29.4 Å². The van der Waals surface area contributed by atoms with Crippen LogP contribution in [0, 0.1) is 11.3 Å². The molecular formula is C41H41N3O. The number of rotatable bonds is 11. The summed E-state index contributed by atoms with van der Waals surface area (Å²) in [6.07, 6.45) is 3.02. The summed E-state index contributed by atoms with van der Waals surface area (Å²) in [6, 6.07) is 43.2. The van der Waals surface area contributed by atoms with E-state index in [-0.39, 0.29) is 5.92 Å². The van der Waals surface area contributed by atoms with Crippen molar-refractivity contribution < 1.29 is 4.74 Å². The maximum absolute atomic E-state index is 9.39. The molecule has 45 heavy (non-hydrogen) atoms. The molecule has 0 radical (unpaired) electrons. The van der Waals surface area contributed by atoms with Crippen LogP contribution < -0.4 is 14.5 Å². The monoisotopic (exact) mass is 591 g/mol. The molecule has 0 N–H and O–H groups in total. The van der Waals surface area contributed by atoms with Gasteiger partial charge in [-0.05, 0) is 91.9 Å². The Kier molecular flexibility index (Phi) is 9.17. The van der Waals surface area contributed by atoms with Crippen molar-refractivity contribution in [2.45, 2.75) is 46.0 Å². The van der Waals surface area contributed by atoms with Crippen molar-refractivity contribution in [3.63, 3.8) is 0 Å². The molecule has 0 bridgehead atoms. The molecule has 6 rings (SSSR count). The second-order valence-corrected chi connectivity index (χ2v) is 11.7. The van der Waals surface area contributed by atoms with E-state index in [9.17, 15) is 5.26 Å². The SMILES string of the molecule is CCCCN(c1ccc(C#N)cc1)c1ccc2c(c1)C(c1ccccc1Cc1ccccc1)c1ccc(N(CC)CC)cc1O2. The molecule has 5 aromatic carbocycles. The van der Waals surface area contributed by atoms with Gasteiger partial charge in [0.1, 0.15) is 11.5 Å². The highest BCUT2D eigenvalue weighted by atomic mass is 16.5. The number of nitrogens with zero attached hydrogens (tertiary/aromatic N) is 3. The molecule has 0 saturated carbocycles. The van der Waals surface area contributed by atoms with E-state index in [2.05, 4.69) is 140 Å². The standard InChI is InChI=1S/C41H41N3O/c1-4-7-25-44(33-19-17-31(29-42)18-20-33)35-22-24-39-38(27-35)41(37-23-21-34(28-40(37)45-39)43(5-2)6-3)36-16-12-11-15-32(36)26-30-13-9-8-10-14-30/h8-24,27-28,41H,4-7,25-26H2,1-3H3. The second-order valence-electron chi connectivity index (χ2n) is 11.7. The van der Waals surface area contributed by atoms with E-state index in [0.717, 1.165) is 61.8 Å². The van der Waals surface area contributed by atoms with E-state index in [4.69, 9.17) is 4.74 Å². The molecule has 1 unspecified atom stereocenters. The molecule has 5 aromatic rings. The van der Waals surface area contributed by atoms with Crippen LogP contribution in [0.3, 0.4) is 0 Å². The van der Waals surface area contributed by atoms with Crippen LogP contribution in [0.1, 0.15) is 72.9 Å². The second kappa shape index (κ2) is 13.7. The molecule has 4 heteroatoms. The quantitative estimate of drug-likeness (QED) is 0.150. The Morgan fingerprint density at radius 3 is 2.11 bits per heavy atom. The van der Waals surface area contributed by atoms with Gasteiger partial charge in [-0.1, -0.05) is 74.0 Å². The largest absolute Gasteiger partial charge is 0.457 e. The van der Waals surface area contributed by atoms with E-state index in [0.29, 0.717) is 5.56 Å².